The van der Waals surface area contributed by atoms with E-state index in [2.05, 4.69) is 36.3 Å². The standard InChI is InChI=1S/C24H25BrN4O4/c1-15-3-4-18(24(31)32-2)13-20(15)26-23(30)17-9-11-29(12-10-17)14-21-27-22(28-33-21)16-5-7-19(25)8-6-16/h3-8,13,17H,9-12,14H2,1-2H3,(H,26,30). The number of halogens is 1. The molecule has 1 saturated heterocycles. The second-order valence-electron chi connectivity index (χ2n) is 8.08. The van der Waals surface area contributed by atoms with Gasteiger partial charge in [-0.15, -0.1) is 0 Å². The number of nitrogens with zero attached hydrogens (tertiary/aromatic N) is 3. The number of methoxy groups -OCH3 is 1. The lowest BCUT2D eigenvalue weighted by atomic mass is 9.95. The molecule has 1 aromatic heterocycles. The topological polar surface area (TPSA) is 97.6 Å². The molecule has 2 heterocycles. The van der Waals surface area contributed by atoms with Gasteiger partial charge in [-0.3, -0.25) is 9.69 Å². The highest BCUT2D eigenvalue weighted by atomic mass is 79.9. The molecule has 1 amide bonds. The average Bonchev–Trinajstić information content (AvgIpc) is 3.29. The van der Waals surface area contributed by atoms with Gasteiger partial charge >= 0.3 is 5.97 Å². The lowest BCUT2D eigenvalue weighted by Crippen LogP contribution is -2.37. The Morgan fingerprint density at radius 3 is 2.61 bits per heavy atom. The second kappa shape index (κ2) is 10.3. The largest absolute Gasteiger partial charge is 0.465 e. The Morgan fingerprint density at radius 2 is 1.91 bits per heavy atom. The van der Waals surface area contributed by atoms with Crippen LogP contribution >= 0.6 is 15.9 Å². The summed E-state index contributed by atoms with van der Waals surface area (Å²) in [5.74, 6) is 0.573. The summed E-state index contributed by atoms with van der Waals surface area (Å²) < 4.78 is 11.2. The number of likely N-dealkylation sites (tertiary alicyclic amines) is 1. The van der Waals surface area contributed by atoms with Gasteiger partial charge in [-0.1, -0.05) is 27.2 Å². The van der Waals surface area contributed by atoms with Crippen molar-refractivity contribution < 1.29 is 18.8 Å². The van der Waals surface area contributed by atoms with Crippen LogP contribution in [0.3, 0.4) is 0 Å². The molecule has 9 heteroatoms. The van der Waals surface area contributed by atoms with Crippen LogP contribution in [0, 0.1) is 12.8 Å². The van der Waals surface area contributed by atoms with E-state index in [9.17, 15) is 9.59 Å². The number of benzene rings is 2. The molecule has 4 rings (SSSR count). The zero-order valence-corrected chi connectivity index (χ0v) is 20.1. The van der Waals surface area contributed by atoms with Crippen molar-refractivity contribution in [3.63, 3.8) is 0 Å². The number of amides is 1. The lowest BCUT2D eigenvalue weighted by molar-refractivity contribution is -0.121. The minimum absolute atomic E-state index is 0.0323. The average molecular weight is 513 g/mol. The van der Waals surface area contributed by atoms with Crippen LogP contribution in [0.25, 0.3) is 11.4 Å². The van der Waals surface area contributed by atoms with E-state index in [-0.39, 0.29) is 11.8 Å². The smallest absolute Gasteiger partial charge is 0.337 e. The van der Waals surface area contributed by atoms with Gasteiger partial charge in [-0.2, -0.15) is 4.98 Å². The maximum Gasteiger partial charge on any atom is 0.337 e. The summed E-state index contributed by atoms with van der Waals surface area (Å²) in [6.45, 7) is 3.97. The van der Waals surface area contributed by atoms with Crippen LogP contribution < -0.4 is 5.32 Å². The van der Waals surface area contributed by atoms with Crippen molar-refractivity contribution >= 4 is 33.5 Å². The molecule has 8 nitrogen and oxygen atoms in total. The number of anilines is 1. The summed E-state index contributed by atoms with van der Waals surface area (Å²) in [4.78, 5) is 31.3. The monoisotopic (exact) mass is 512 g/mol. The minimum Gasteiger partial charge on any atom is -0.465 e. The summed E-state index contributed by atoms with van der Waals surface area (Å²) in [7, 11) is 1.34. The molecule has 0 aliphatic carbocycles. The van der Waals surface area contributed by atoms with Crippen molar-refractivity contribution in [3.05, 3.63) is 64.0 Å². The number of esters is 1. The molecule has 1 aliphatic heterocycles. The van der Waals surface area contributed by atoms with E-state index in [0.29, 0.717) is 29.5 Å². The molecule has 1 aliphatic rings. The van der Waals surface area contributed by atoms with E-state index < -0.39 is 5.97 Å². The maximum absolute atomic E-state index is 12.8. The highest BCUT2D eigenvalue weighted by Gasteiger charge is 2.26. The van der Waals surface area contributed by atoms with Gasteiger partial charge in [0.1, 0.15) is 0 Å². The van der Waals surface area contributed by atoms with Crippen LogP contribution in [0.1, 0.15) is 34.7 Å². The Bertz CT molecular complexity index is 1140. The SMILES string of the molecule is COC(=O)c1ccc(C)c(NC(=O)C2CCN(Cc3nc(-c4ccc(Br)cc4)no3)CC2)c1. The number of ether oxygens (including phenoxy) is 1. The number of aromatic nitrogens is 2. The van der Waals surface area contributed by atoms with Crippen LogP contribution in [-0.4, -0.2) is 47.1 Å². The van der Waals surface area contributed by atoms with Crippen molar-refractivity contribution in [2.24, 2.45) is 5.92 Å². The third-order valence-corrected chi connectivity index (χ3v) is 6.33. The van der Waals surface area contributed by atoms with Gasteiger partial charge in [0.2, 0.25) is 17.6 Å². The van der Waals surface area contributed by atoms with Crippen molar-refractivity contribution in [2.75, 3.05) is 25.5 Å². The van der Waals surface area contributed by atoms with E-state index in [1.807, 2.05) is 31.2 Å². The van der Waals surface area contributed by atoms with E-state index in [1.54, 1.807) is 18.2 Å². The van der Waals surface area contributed by atoms with Gasteiger partial charge in [0.15, 0.2) is 0 Å². The molecule has 172 valence electrons. The molecule has 0 spiro atoms. The van der Waals surface area contributed by atoms with Crippen LogP contribution in [0.4, 0.5) is 5.69 Å². The summed E-state index contributed by atoms with van der Waals surface area (Å²) in [5.41, 5.74) is 2.84. The second-order valence-corrected chi connectivity index (χ2v) is 9.00. The number of nitrogens with one attached hydrogen (secondary N) is 1. The molecular formula is C24H25BrN4O4. The molecule has 0 atom stereocenters. The predicted octanol–water partition coefficient (Wildman–Crippen LogP) is 4.44. The zero-order valence-electron chi connectivity index (χ0n) is 18.5. The summed E-state index contributed by atoms with van der Waals surface area (Å²) in [6, 6.07) is 12.9. The van der Waals surface area contributed by atoms with Crippen molar-refractivity contribution in [1.82, 2.24) is 15.0 Å². The van der Waals surface area contributed by atoms with Crippen molar-refractivity contribution in [2.45, 2.75) is 26.3 Å². The third kappa shape index (κ3) is 5.66. The Morgan fingerprint density at radius 1 is 1.18 bits per heavy atom. The first-order chi connectivity index (χ1) is 15.9. The van der Waals surface area contributed by atoms with E-state index >= 15 is 0 Å². The van der Waals surface area contributed by atoms with Crippen molar-refractivity contribution in [1.29, 1.82) is 0 Å². The molecule has 0 bridgehead atoms. The van der Waals surface area contributed by atoms with Crippen LogP contribution in [-0.2, 0) is 16.1 Å². The Labute approximate surface area is 200 Å². The molecule has 0 radical (unpaired) electrons. The fourth-order valence-corrected chi connectivity index (χ4v) is 4.08. The molecule has 2 aromatic carbocycles. The molecular weight excluding hydrogens is 488 g/mol. The zero-order chi connectivity index (χ0) is 23.4. The predicted molar refractivity (Wildman–Crippen MR) is 127 cm³/mol. The quantitative estimate of drug-likeness (QED) is 0.487. The highest BCUT2D eigenvalue weighted by molar-refractivity contribution is 9.10. The molecule has 33 heavy (non-hydrogen) atoms. The number of carbonyl (C=O) groups is 2. The fourth-order valence-electron chi connectivity index (χ4n) is 3.82. The van der Waals surface area contributed by atoms with Gasteiger partial charge in [0, 0.05) is 21.6 Å². The Kier molecular flexibility index (Phi) is 7.20. The van der Waals surface area contributed by atoms with Crippen LogP contribution in [0.2, 0.25) is 0 Å². The highest BCUT2D eigenvalue weighted by Crippen LogP contribution is 2.24. The normalized spacial score (nSPS) is 14.8. The van der Waals surface area contributed by atoms with Crippen LogP contribution in [0.5, 0.6) is 0 Å². The van der Waals surface area contributed by atoms with Gasteiger partial charge in [-0.25, -0.2) is 4.79 Å². The number of rotatable bonds is 6. The molecule has 0 saturated carbocycles. The molecule has 1 fully saturated rings. The first-order valence-electron chi connectivity index (χ1n) is 10.7. The summed E-state index contributed by atoms with van der Waals surface area (Å²) in [6.07, 6.45) is 1.46. The summed E-state index contributed by atoms with van der Waals surface area (Å²) >= 11 is 3.42. The van der Waals surface area contributed by atoms with Gasteiger partial charge in [0.25, 0.3) is 0 Å². The number of piperidine rings is 1. The molecule has 0 unspecified atom stereocenters. The van der Waals surface area contributed by atoms with Crippen molar-refractivity contribution in [3.8, 4) is 11.4 Å². The third-order valence-electron chi connectivity index (χ3n) is 5.80. The molecule has 3 aromatic rings. The molecule has 1 N–H and O–H groups in total. The minimum atomic E-state index is -0.428. The Balaban J connectivity index is 1.31. The first kappa shape index (κ1) is 23.1. The van der Waals surface area contributed by atoms with E-state index in [4.69, 9.17) is 9.26 Å². The first-order valence-corrected chi connectivity index (χ1v) is 11.5. The number of aryl methyl sites for hydroxylation is 1. The van der Waals surface area contributed by atoms with E-state index in [1.165, 1.54) is 7.11 Å². The Hall–Kier alpha value is -3.04. The number of hydrogen-bond acceptors (Lipinski definition) is 7. The van der Waals surface area contributed by atoms with Gasteiger partial charge < -0.3 is 14.6 Å². The number of carbonyl (C=O) groups excluding carboxylic acids is 2. The number of hydrogen-bond donors (Lipinski definition) is 1. The fraction of sp³-hybridized carbons (Fsp3) is 0.333. The lowest BCUT2D eigenvalue weighted by Gasteiger charge is -2.30. The van der Waals surface area contributed by atoms with Crippen LogP contribution in [0.15, 0.2) is 51.5 Å². The van der Waals surface area contributed by atoms with Gasteiger partial charge in [0.05, 0.1) is 19.2 Å². The maximum atomic E-state index is 12.8. The van der Waals surface area contributed by atoms with E-state index in [0.717, 1.165) is 41.5 Å². The summed E-state index contributed by atoms with van der Waals surface area (Å²) in [5, 5.41) is 7.06. The van der Waals surface area contributed by atoms with Gasteiger partial charge in [-0.05, 0) is 74.8 Å².